The van der Waals surface area contributed by atoms with Crippen molar-refractivity contribution in [3.63, 3.8) is 0 Å². The SMILES string of the molecule is c1ccc(-c2cccc(-c3ccccc3)c2-n2c(-c3csc4ccc(-c5ccncc5)cc34)nc3ccccc32)cc1. The van der Waals surface area contributed by atoms with E-state index in [9.17, 15) is 0 Å². The van der Waals surface area contributed by atoms with E-state index >= 15 is 0 Å². The molecule has 0 bridgehead atoms. The van der Waals surface area contributed by atoms with Crippen molar-refractivity contribution in [1.82, 2.24) is 14.5 Å². The number of hydrogen-bond donors (Lipinski definition) is 0. The minimum absolute atomic E-state index is 0.940. The first-order valence-electron chi connectivity index (χ1n) is 14.0. The number of rotatable bonds is 5. The first kappa shape index (κ1) is 24.5. The van der Waals surface area contributed by atoms with Crippen molar-refractivity contribution in [3.8, 4) is 50.5 Å². The maximum absolute atomic E-state index is 5.31. The molecule has 0 N–H and O–H groups in total. The highest BCUT2D eigenvalue weighted by molar-refractivity contribution is 7.17. The molecule has 0 spiro atoms. The molecule has 8 rings (SSSR count). The summed E-state index contributed by atoms with van der Waals surface area (Å²) in [7, 11) is 0. The van der Waals surface area contributed by atoms with E-state index in [2.05, 4.69) is 148 Å². The van der Waals surface area contributed by atoms with E-state index in [1.54, 1.807) is 11.3 Å². The van der Waals surface area contributed by atoms with Gasteiger partial charge in [-0.05, 0) is 58.7 Å². The van der Waals surface area contributed by atoms with Crippen molar-refractivity contribution in [1.29, 1.82) is 0 Å². The number of imidazole rings is 1. The molecule has 0 saturated carbocycles. The van der Waals surface area contributed by atoms with Crippen LogP contribution in [0.3, 0.4) is 0 Å². The standard InChI is InChI=1S/C38H25N3S/c1-3-10-27(11-4-1)30-14-9-15-31(28-12-5-2-6-13-28)37(30)41-35-17-8-7-16-34(35)40-38(41)33-25-42-36-19-18-29(24-32(33)36)26-20-22-39-23-21-26/h1-25H. The Bertz CT molecular complexity index is 2120. The van der Waals surface area contributed by atoms with Gasteiger partial charge >= 0.3 is 0 Å². The molecular formula is C38H25N3S. The van der Waals surface area contributed by atoms with Crippen LogP contribution in [0.2, 0.25) is 0 Å². The molecule has 4 heteroatoms. The summed E-state index contributed by atoms with van der Waals surface area (Å²) in [5.41, 5.74) is 11.3. The van der Waals surface area contributed by atoms with Crippen LogP contribution >= 0.6 is 11.3 Å². The summed E-state index contributed by atoms with van der Waals surface area (Å²) in [6.07, 6.45) is 3.69. The highest BCUT2D eigenvalue weighted by atomic mass is 32.1. The predicted molar refractivity (Wildman–Crippen MR) is 176 cm³/mol. The number of benzene rings is 5. The van der Waals surface area contributed by atoms with Crippen LogP contribution in [0.1, 0.15) is 0 Å². The summed E-state index contributed by atoms with van der Waals surface area (Å²) >= 11 is 1.76. The van der Waals surface area contributed by atoms with Crippen molar-refractivity contribution in [2.75, 3.05) is 0 Å². The summed E-state index contributed by atoms with van der Waals surface area (Å²) in [6.45, 7) is 0. The Balaban J connectivity index is 1.46. The topological polar surface area (TPSA) is 30.7 Å². The summed E-state index contributed by atoms with van der Waals surface area (Å²) in [6, 6.07) is 47.2. The van der Waals surface area contributed by atoms with Crippen LogP contribution < -0.4 is 0 Å². The lowest BCUT2D eigenvalue weighted by Gasteiger charge is -2.19. The molecule has 5 aromatic carbocycles. The average Bonchev–Trinajstić information content (AvgIpc) is 3.66. The number of para-hydroxylation sites is 3. The van der Waals surface area contributed by atoms with Crippen molar-refractivity contribution < 1.29 is 0 Å². The Hall–Kier alpha value is -5.32. The van der Waals surface area contributed by atoms with E-state index in [1.807, 2.05) is 12.4 Å². The van der Waals surface area contributed by atoms with Crippen LogP contribution in [0.4, 0.5) is 0 Å². The zero-order valence-electron chi connectivity index (χ0n) is 22.7. The van der Waals surface area contributed by atoms with Gasteiger partial charge in [-0.1, -0.05) is 97.1 Å². The lowest BCUT2D eigenvalue weighted by Crippen LogP contribution is -2.03. The van der Waals surface area contributed by atoms with Gasteiger partial charge in [0.05, 0.1) is 16.7 Å². The first-order valence-corrected chi connectivity index (χ1v) is 14.9. The molecule has 0 aliphatic heterocycles. The molecule has 0 aliphatic rings. The van der Waals surface area contributed by atoms with E-state index in [4.69, 9.17) is 4.98 Å². The minimum Gasteiger partial charge on any atom is -0.291 e. The Morgan fingerprint density at radius 1 is 0.524 bits per heavy atom. The Kier molecular flexibility index (Phi) is 5.98. The second kappa shape index (κ2) is 10.3. The molecule has 3 aromatic heterocycles. The van der Waals surface area contributed by atoms with Gasteiger partial charge in [-0.3, -0.25) is 9.55 Å². The molecule has 0 saturated heterocycles. The molecule has 0 amide bonds. The monoisotopic (exact) mass is 555 g/mol. The minimum atomic E-state index is 0.940. The normalized spacial score (nSPS) is 11.3. The molecule has 0 fully saturated rings. The molecule has 198 valence electrons. The van der Waals surface area contributed by atoms with E-state index < -0.39 is 0 Å². The van der Waals surface area contributed by atoms with Gasteiger partial charge in [0.15, 0.2) is 0 Å². The number of thiophene rings is 1. The van der Waals surface area contributed by atoms with Crippen molar-refractivity contribution in [2.24, 2.45) is 0 Å². The largest absolute Gasteiger partial charge is 0.291 e. The zero-order chi connectivity index (χ0) is 27.9. The number of hydrogen-bond acceptors (Lipinski definition) is 3. The van der Waals surface area contributed by atoms with Gasteiger partial charge in [0.2, 0.25) is 0 Å². The second-order valence-electron chi connectivity index (χ2n) is 10.3. The predicted octanol–water partition coefficient (Wildman–Crippen LogP) is 10.3. The van der Waals surface area contributed by atoms with E-state index in [-0.39, 0.29) is 0 Å². The molecule has 0 radical (unpaired) electrons. The van der Waals surface area contributed by atoms with Crippen LogP contribution in [-0.2, 0) is 0 Å². The maximum Gasteiger partial charge on any atom is 0.147 e. The second-order valence-corrected chi connectivity index (χ2v) is 11.2. The molecule has 0 atom stereocenters. The Morgan fingerprint density at radius 3 is 1.90 bits per heavy atom. The molecular weight excluding hydrogens is 531 g/mol. The summed E-state index contributed by atoms with van der Waals surface area (Å²) in [4.78, 5) is 9.53. The average molecular weight is 556 g/mol. The summed E-state index contributed by atoms with van der Waals surface area (Å²) < 4.78 is 3.61. The fraction of sp³-hybridized carbons (Fsp3) is 0. The molecule has 42 heavy (non-hydrogen) atoms. The Morgan fingerprint density at radius 2 is 1.19 bits per heavy atom. The number of aromatic nitrogens is 3. The molecule has 8 aromatic rings. The van der Waals surface area contributed by atoms with Gasteiger partial charge in [-0.2, -0.15) is 0 Å². The molecule has 0 unspecified atom stereocenters. The van der Waals surface area contributed by atoms with Gasteiger partial charge in [-0.25, -0.2) is 4.98 Å². The van der Waals surface area contributed by atoms with Crippen LogP contribution in [0, 0.1) is 0 Å². The zero-order valence-corrected chi connectivity index (χ0v) is 23.5. The van der Waals surface area contributed by atoms with Crippen molar-refractivity contribution in [3.05, 3.63) is 151 Å². The van der Waals surface area contributed by atoms with Gasteiger partial charge < -0.3 is 0 Å². The van der Waals surface area contributed by atoms with Gasteiger partial charge in [0.1, 0.15) is 5.82 Å². The highest BCUT2D eigenvalue weighted by Gasteiger charge is 2.23. The lowest BCUT2D eigenvalue weighted by atomic mass is 9.95. The van der Waals surface area contributed by atoms with Crippen molar-refractivity contribution >= 4 is 32.5 Å². The highest BCUT2D eigenvalue weighted by Crippen LogP contribution is 2.43. The number of pyridine rings is 1. The third-order valence-corrected chi connectivity index (χ3v) is 8.78. The van der Waals surface area contributed by atoms with Gasteiger partial charge in [0, 0.05) is 44.6 Å². The third kappa shape index (κ3) is 4.12. The lowest BCUT2D eigenvalue weighted by molar-refractivity contribution is 1.11. The molecule has 0 aliphatic carbocycles. The Labute approximate surface area is 248 Å². The molecule has 3 nitrogen and oxygen atoms in total. The fourth-order valence-corrected chi connectivity index (χ4v) is 6.76. The number of fused-ring (bicyclic) bond motifs is 2. The van der Waals surface area contributed by atoms with E-state index in [0.717, 1.165) is 33.7 Å². The smallest absolute Gasteiger partial charge is 0.147 e. The van der Waals surface area contributed by atoms with Gasteiger partial charge in [0.25, 0.3) is 0 Å². The molecule has 3 heterocycles. The van der Waals surface area contributed by atoms with Crippen LogP contribution in [0.25, 0.3) is 71.6 Å². The van der Waals surface area contributed by atoms with Crippen LogP contribution in [0.5, 0.6) is 0 Å². The quantitative estimate of drug-likeness (QED) is 0.211. The first-order chi connectivity index (χ1) is 20.8. The van der Waals surface area contributed by atoms with Crippen LogP contribution in [-0.4, -0.2) is 14.5 Å². The number of nitrogens with zero attached hydrogens (tertiary/aromatic N) is 3. The summed E-state index contributed by atoms with van der Waals surface area (Å²) in [5.74, 6) is 0.940. The van der Waals surface area contributed by atoms with E-state index in [1.165, 1.54) is 37.9 Å². The van der Waals surface area contributed by atoms with Gasteiger partial charge in [-0.15, -0.1) is 11.3 Å². The van der Waals surface area contributed by atoms with Crippen molar-refractivity contribution in [2.45, 2.75) is 0 Å². The maximum atomic E-state index is 5.31. The summed E-state index contributed by atoms with van der Waals surface area (Å²) in [5, 5.41) is 3.45. The van der Waals surface area contributed by atoms with Crippen LogP contribution in [0.15, 0.2) is 151 Å². The fourth-order valence-electron chi connectivity index (χ4n) is 5.84. The third-order valence-electron chi connectivity index (χ3n) is 7.82. The van der Waals surface area contributed by atoms with E-state index in [0.29, 0.717) is 0 Å².